The van der Waals surface area contributed by atoms with Crippen LogP contribution in [0, 0.1) is 5.92 Å². The van der Waals surface area contributed by atoms with Crippen molar-refractivity contribution in [1.82, 2.24) is 4.90 Å². The minimum Gasteiger partial charge on any atom is -0.322 e. The monoisotopic (exact) mass is 479 g/mol. The number of carbonyl (C=O) groups is 1. The largest absolute Gasteiger partial charge is 0.322 e. The number of halogens is 3. The fourth-order valence-corrected chi connectivity index (χ4v) is 3.92. The number of nitrogens with zero attached hydrogens (tertiary/aromatic N) is 2. The number of anilines is 1. The molecule has 0 aliphatic carbocycles. The zero-order valence-electron chi connectivity index (χ0n) is 17.8. The topological polar surface area (TPSA) is 44.7 Å². The summed E-state index contributed by atoms with van der Waals surface area (Å²) in [5.74, 6) is -0.490. The number of likely N-dealkylation sites (tertiary alicyclic amines) is 1. The summed E-state index contributed by atoms with van der Waals surface area (Å²) in [7, 11) is 0. The lowest BCUT2D eigenvalue weighted by molar-refractivity contribution is -0.115. The first-order valence-corrected chi connectivity index (χ1v) is 11.7. The van der Waals surface area contributed by atoms with Crippen LogP contribution in [0.4, 0.5) is 5.69 Å². The first-order chi connectivity index (χ1) is 14.7. The Bertz CT molecular complexity index is 902. The fraction of sp³-hybridized carbons (Fsp3) is 0.417. The summed E-state index contributed by atoms with van der Waals surface area (Å²) in [5, 5.41) is 2.73. The molecule has 0 saturated carbocycles. The van der Waals surface area contributed by atoms with Crippen LogP contribution in [0.25, 0.3) is 0 Å². The van der Waals surface area contributed by atoms with Gasteiger partial charge in [0.15, 0.2) is 0 Å². The van der Waals surface area contributed by atoms with Crippen molar-refractivity contribution in [2.45, 2.75) is 43.1 Å². The van der Waals surface area contributed by atoms with E-state index in [1.54, 1.807) is 0 Å². The maximum Gasteiger partial charge on any atom is 0.276 e. The third-order valence-electron chi connectivity index (χ3n) is 5.38. The number of alkyl halides is 3. The van der Waals surface area contributed by atoms with Gasteiger partial charge >= 0.3 is 0 Å². The van der Waals surface area contributed by atoms with Gasteiger partial charge in [0.2, 0.25) is 0 Å². The first-order valence-electron chi connectivity index (χ1n) is 10.6. The molecule has 0 atom stereocenters. The van der Waals surface area contributed by atoms with Crippen molar-refractivity contribution >= 4 is 52.1 Å². The van der Waals surface area contributed by atoms with E-state index < -0.39 is 9.70 Å². The van der Waals surface area contributed by atoms with Crippen LogP contribution in [0.1, 0.15) is 37.8 Å². The van der Waals surface area contributed by atoms with Gasteiger partial charge in [0, 0.05) is 36.6 Å². The van der Waals surface area contributed by atoms with E-state index in [1.165, 1.54) is 5.56 Å². The second kappa shape index (κ2) is 10.8. The molecule has 1 N–H and O–H groups in total. The van der Waals surface area contributed by atoms with E-state index in [-0.39, 0.29) is 12.0 Å². The number of piperidine rings is 1. The number of carbonyl (C=O) groups excluding carboxylic acids is 1. The molecule has 1 fully saturated rings. The molecule has 1 saturated heterocycles. The molecule has 0 radical (unpaired) electrons. The highest BCUT2D eigenvalue weighted by Crippen LogP contribution is 2.29. The van der Waals surface area contributed by atoms with Gasteiger partial charge in [-0.1, -0.05) is 97.2 Å². The maximum absolute atomic E-state index is 12.2. The molecule has 0 spiro atoms. The summed E-state index contributed by atoms with van der Waals surface area (Å²) in [5.41, 5.74) is 3.77. The third kappa shape index (κ3) is 6.95. The van der Waals surface area contributed by atoms with E-state index in [2.05, 4.69) is 48.3 Å². The molecule has 2 aromatic carbocycles. The molecule has 0 unspecified atom stereocenters. The molecule has 1 amide bonds. The molecule has 166 valence electrons. The average molecular weight is 481 g/mol. The Morgan fingerprint density at radius 2 is 1.68 bits per heavy atom. The number of para-hydroxylation sites is 1. The number of rotatable bonds is 6. The molecule has 0 bridgehead atoms. The molecular formula is C24H28Cl3N3O. The second-order valence-corrected chi connectivity index (χ2v) is 10.4. The summed E-state index contributed by atoms with van der Waals surface area (Å²) in [6, 6.07) is 18.3. The Labute approximate surface area is 199 Å². The molecule has 1 aliphatic rings. The Hall–Kier alpha value is -1.59. The van der Waals surface area contributed by atoms with E-state index >= 15 is 0 Å². The van der Waals surface area contributed by atoms with Crippen LogP contribution < -0.4 is 5.32 Å². The molecule has 0 aromatic heterocycles. The molecule has 7 heteroatoms. The van der Waals surface area contributed by atoms with Crippen LogP contribution in [0.2, 0.25) is 0 Å². The van der Waals surface area contributed by atoms with Crippen molar-refractivity contribution in [3.8, 4) is 0 Å². The van der Waals surface area contributed by atoms with E-state index in [0.717, 1.165) is 43.8 Å². The van der Waals surface area contributed by atoms with Crippen molar-refractivity contribution in [3.05, 3.63) is 65.7 Å². The van der Waals surface area contributed by atoms with Crippen molar-refractivity contribution in [3.63, 3.8) is 0 Å². The van der Waals surface area contributed by atoms with Gasteiger partial charge < -0.3 is 5.32 Å². The van der Waals surface area contributed by atoms with Gasteiger partial charge in [0.25, 0.3) is 9.70 Å². The van der Waals surface area contributed by atoms with Gasteiger partial charge in [0.05, 0.1) is 6.04 Å². The SMILES string of the molecule is CC(C)C(=NC1CCN(Cc2ccccc2)CC1)c1ccccc1NC(=O)C(Cl)(Cl)Cl. The van der Waals surface area contributed by atoms with E-state index in [0.29, 0.717) is 5.69 Å². The van der Waals surface area contributed by atoms with Crippen LogP contribution in [0.3, 0.4) is 0 Å². The summed E-state index contributed by atoms with van der Waals surface area (Å²) < 4.78 is -2.02. The standard InChI is InChI=1S/C24H28Cl3N3O/c1-17(2)22(20-10-6-7-11-21(20)29-23(31)24(25,26)27)28-19-12-14-30(15-13-19)16-18-8-4-3-5-9-18/h3-11,17,19H,12-16H2,1-2H3,(H,29,31). The van der Waals surface area contributed by atoms with Gasteiger partial charge in [-0.3, -0.25) is 14.7 Å². The summed E-state index contributed by atoms with van der Waals surface area (Å²) in [4.78, 5) is 19.8. The van der Waals surface area contributed by atoms with Crippen molar-refractivity contribution in [1.29, 1.82) is 0 Å². The molecule has 4 nitrogen and oxygen atoms in total. The smallest absolute Gasteiger partial charge is 0.276 e. The first kappa shape index (κ1) is 24.1. The third-order valence-corrected chi connectivity index (χ3v) is 5.90. The minimum absolute atomic E-state index is 0.188. The van der Waals surface area contributed by atoms with Gasteiger partial charge in [-0.2, -0.15) is 0 Å². The average Bonchev–Trinajstić information content (AvgIpc) is 2.73. The van der Waals surface area contributed by atoms with Gasteiger partial charge in [-0.25, -0.2) is 0 Å². The molecule has 1 heterocycles. The van der Waals surface area contributed by atoms with Crippen LogP contribution in [0.5, 0.6) is 0 Å². The van der Waals surface area contributed by atoms with Crippen LogP contribution in [-0.2, 0) is 11.3 Å². The van der Waals surface area contributed by atoms with Gasteiger partial charge in [-0.15, -0.1) is 0 Å². The summed E-state index contributed by atoms with van der Waals surface area (Å²) in [6.45, 7) is 7.22. The number of benzene rings is 2. The predicted molar refractivity (Wildman–Crippen MR) is 131 cm³/mol. The number of aliphatic imine (C=N–C) groups is 1. The Morgan fingerprint density at radius 1 is 1.06 bits per heavy atom. The lowest BCUT2D eigenvalue weighted by Gasteiger charge is -2.31. The quantitative estimate of drug-likeness (QED) is 0.401. The molecule has 31 heavy (non-hydrogen) atoms. The summed E-state index contributed by atoms with van der Waals surface area (Å²) in [6.07, 6.45) is 2.01. The normalized spacial score (nSPS) is 16.5. The van der Waals surface area contributed by atoms with Crippen LogP contribution in [0.15, 0.2) is 59.6 Å². The number of hydrogen-bond donors (Lipinski definition) is 1. The fourth-order valence-electron chi connectivity index (χ4n) is 3.78. The highest BCUT2D eigenvalue weighted by molar-refractivity contribution is 6.76. The molecule has 3 rings (SSSR count). The molecule has 1 aliphatic heterocycles. The van der Waals surface area contributed by atoms with E-state index in [4.69, 9.17) is 39.8 Å². The van der Waals surface area contributed by atoms with Crippen molar-refractivity contribution < 1.29 is 4.79 Å². The van der Waals surface area contributed by atoms with Crippen LogP contribution >= 0.6 is 34.8 Å². The minimum atomic E-state index is -2.02. The number of nitrogens with one attached hydrogen (secondary N) is 1. The number of hydrogen-bond acceptors (Lipinski definition) is 3. The number of amides is 1. The highest BCUT2D eigenvalue weighted by Gasteiger charge is 2.31. The van der Waals surface area contributed by atoms with E-state index in [1.807, 2.05) is 30.3 Å². The van der Waals surface area contributed by atoms with Crippen molar-refractivity contribution in [2.24, 2.45) is 10.9 Å². The zero-order chi connectivity index (χ0) is 22.4. The van der Waals surface area contributed by atoms with Crippen LogP contribution in [-0.4, -0.2) is 39.4 Å². The lowest BCUT2D eigenvalue weighted by Crippen LogP contribution is -2.35. The Kier molecular flexibility index (Phi) is 8.40. The van der Waals surface area contributed by atoms with Gasteiger partial charge in [-0.05, 0) is 30.4 Å². The zero-order valence-corrected chi connectivity index (χ0v) is 20.1. The predicted octanol–water partition coefficient (Wildman–Crippen LogP) is 6.11. The van der Waals surface area contributed by atoms with Gasteiger partial charge in [0.1, 0.15) is 0 Å². The Morgan fingerprint density at radius 3 is 2.29 bits per heavy atom. The maximum atomic E-state index is 12.2. The molecule has 2 aromatic rings. The Balaban J connectivity index is 1.72. The summed E-state index contributed by atoms with van der Waals surface area (Å²) >= 11 is 17.2. The van der Waals surface area contributed by atoms with Crippen molar-refractivity contribution in [2.75, 3.05) is 18.4 Å². The van der Waals surface area contributed by atoms with E-state index in [9.17, 15) is 4.79 Å². The second-order valence-electron chi connectivity index (χ2n) is 8.16. The highest BCUT2D eigenvalue weighted by atomic mass is 35.6. The molecular weight excluding hydrogens is 453 g/mol. The lowest BCUT2D eigenvalue weighted by atomic mass is 9.96.